The first kappa shape index (κ1) is 19.8. The number of hydrogen-bond acceptors (Lipinski definition) is 4. The summed E-state index contributed by atoms with van der Waals surface area (Å²) in [5.74, 6) is 0.264. The highest BCUT2D eigenvalue weighted by atomic mass is 32.2. The standard InChI is InChI=1S/C24H20N2O3S/c1-16-5-3-7-20(13-16)24(27)26-23-12-10-19-14-18(9-11-22(19)25-23)17-6-4-8-21(15-17)30(2,28)29/h3-15H,1-2H3,(H,25,26,27). The molecule has 1 N–H and O–H groups in total. The van der Waals surface area contributed by atoms with Gasteiger partial charge in [0, 0.05) is 17.2 Å². The molecular weight excluding hydrogens is 396 g/mol. The summed E-state index contributed by atoms with van der Waals surface area (Å²) in [7, 11) is -3.27. The predicted molar refractivity (Wildman–Crippen MR) is 119 cm³/mol. The maximum atomic E-state index is 12.5. The summed E-state index contributed by atoms with van der Waals surface area (Å²) in [6.07, 6.45) is 1.20. The third kappa shape index (κ3) is 4.23. The van der Waals surface area contributed by atoms with Crippen LogP contribution in [0.25, 0.3) is 22.0 Å². The molecule has 0 aliphatic rings. The fraction of sp³-hybridized carbons (Fsp3) is 0.0833. The first-order valence-corrected chi connectivity index (χ1v) is 11.3. The number of benzene rings is 3. The number of hydrogen-bond donors (Lipinski definition) is 1. The van der Waals surface area contributed by atoms with E-state index in [1.807, 2.05) is 55.5 Å². The topological polar surface area (TPSA) is 76.1 Å². The second kappa shape index (κ2) is 7.72. The second-order valence-electron chi connectivity index (χ2n) is 7.23. The molecule has 0 saturated carbocycles. The summed E-state index contributed by atoms with van der Waals surface area (Å²) in [6.45, 7) is 1.94. The molecule has 3 aromatic carbocycles. The molecule has 0 radical (unpaired) electrons. The summed E-state index contributed by atoms with van der Waals surface area (Å²) >= 11 is 0. The van der Waals surface area contributed by atoms with E-state index >= 15 is 0 Å². The number of carbonyl (C=O) groups is 1. The van der Waals surface area contributed by atoms with Crippen molar-refractivity contribution >= 4 is 32.5 Å². The van der Waals surface area contributed by atoms with Crippen LogP contribution in [0.4, 0.5) is 5.82 Å². The van der Waals surface area contributed by atoms with Gasteiger partial charge in [0.25, 0.3) is 5.91 Å². The number of anilines is 1. The van der Waals surface area contributed by atoms with Gasteiger partial charge in [-0.15, -0.1) is 0 Å². The Bertz CT molecular complexity index is 1380. The van der Waals surface area contributed by atoms with Gasteiger partial charge in [-0.3, -0.25) is 4.79 Å². The van der Waals surface area contributed by atoms with Crippen LogP contribution in [0, 0.1) is 6.92 Å². The number of sulfone groups is 1. The predicted octanol–water partition coefficient (Wildman–Crippen LogP) is 4.87. The Hall–Kier alpha value is -3.51. The van der Waals surface area contributed by atoms with E-state index in [1.165, 1.54) is 6.26 Å². The zero-order valence-corrected chi connectivity index (χ0v) is 17.4. The van der Waals surface area contributed by atoms with Gasteiger partial charge in [0.05, 0.1) is 10.4 Å². The molecule has 4 aromatic rings. The molecule has 30 heavy (non-hydrogen) atoms. The monoisotopic (exact) mass is 416 g/mol. The maximum Gasteiger partial charge on any atom is 0.256 e. The van der Waals surface area contributed by atoms with Gasteiger partial charge in [-0.2, -0.15) is 0 Å². The summed E-state index contributed by atoms with van der Waals surface area (Å²) < 4.78 is 23.7. The smallest absolute Gasteiger partial charge is 0.256 e. The Morgan fingerprint density at radius 1 is 0.867 bits per heavy atom. The molecule has 150 valence electrons. The third-order valence-electron chi connectivity index (χ3n) is 4.81. The SMILES string of the molecule is Cc1cccc(C(=O)Nc2ccc3cc(-c4cccc(S(C)(=O)=O)c4)ccc3n2)c1. The van der Waals surface area contributed by atoms with Crippen LogP contribution >= 0.6 is 0 Å². The van der Waals surface area contributed by atoms with Crippen molar-refractivity contribution in [3.8, 4) is 11.1 Å². The number of nitrogens with one attached hydrogen (secondary N) is 1. The van der Waals surface area contributed by atoms with Crippen LogP contribution in [0.5, 0.6) is 0 Å². The van der Waals surface area contributed by atoms with Gasteiger partial charge in [0.1, 0.15) is 5.82 Å². The van der Waals surface area contributed by atoms with E-state index in [0.717, 1.165) is 27.6 Å². The normalized spacial score (nSPS) is 11.4. The lowest BCUT2D eigenvalue weighted by Crippen LogP contribution is -2.13. The molecule has 0 fully saturated rings. The van der Waals surface area contributed by atoms with Crippen molar-refractivity contribution in [2.45, 2.75) is 11.8 Å². The molecule has 0 bridgehead atoms. The number of aryl methyl sites for hydroxylation is 1. The molecule has 6 heteroatoms. The Morgan fingerprint density at radius 2 is 1.63 bits per heavy atom. The second-order valence-corrected chi connectivity index (χ2v) is 9.24. The summed E-state index contributed by atoms with van der Waals surface area (Å²) in [5.41, 5.74) is 4.04. The molecule has 0 saturated heterocycles. The third-order valence-corrected chi connectivity index (χ3v) is 5.92. The van der Waals surface area contributed by atoms with Crippen molar-refractivity contribution in [3.63, 3.8) is 0 Å². The van der Waals surface area contributed by atoms with Gasteiger partial charge in [0.2, 0.25) is 0 Å². The fourth-order valence-electron chi connectivity index (χ4n) is 3.26. The van der Waals surface area contributed by atoms with Crippen LogP contribution in [0.15, 0.2) is 83.8 Å². The van der Waals surface area contributed by atoms with E-state index in [-0.39, 0.29) is 10.8 Å². The summed E-state index contributed by atoms with van der Waals surface area (Å²) in [5, 5.41) is 3.73. The number of pyridine rings is 1. The molecule has 4 rings (SSSR count). The number of nitrogens with zero attached hydrogens (tertiary/aromatic N) is 1. The lowest BCUT2D eigenvalue weighted by molar-refractivity contribution is 0.102. The highest BCUT2D eigenvalue weighted by molar-refractivity contribution is 7.90. The average Bonchev–Trinajstić information content (AvgIpc) is 2.73. The first-order chi connectivity index (χ1) is 14.3. The van der Waals surface area contributed by atoms with E-state index in [4.69, 9.17) is 0 Å². The number of fused-ring (bicyclic) bond motifs is 1. The molecular formula is C24H20N2O3S. The van der Waals surface area contributed by atoms with Crippen LogP contribution in [0.3, 0.4) is 0 Å². The minimum Gasteiger partial charge on any atom is -0.307 e. The maximum absolute atomic E-state index is 12.5. The Morgan fingerprint density at radius 3 is 2.40 bits per heavy atom. The van der Waals surface area contributed by atoms with E-state index in [9.17, 15) is 13.2 Å². The Kier molecular flexibility index (Phi) is 5.10. The average molecular weight is 417 g/mol. The van der Waals surface area contributed by atoms with Gasteiger partial charge < -0.3 is 5.32 Å². The molecule has 1 heterocycles. The molecule has 1 aromatic heterocycles. The molecule has 0 aliphatic carbocycles. The quantitative estimate of drug-likeness (QED) is 0.515. The molecule has 0 aliphatic heterocycles. The Balaban J connectivity index is 1.62. The van der Waals surface area contributed by atoms with Crippen LogP contribution in [0.2, 0.25) is 0 Å². The van der Waals surface area contributed by atoms with Crippen molar-refractivity contribution < 1.29 is 13.2 Å². The van der Waals surface area contributed by atoms with Crippen LogP contribution in [0.1, 0.15) is 15.9 Å². The van der Waals surface area contributed by atoms with Crippen molar-refractivity contribution in [1.29, 1.82) is 0 Å². The zero-order chi connectivity index (χ0) is 21.3. The van der Waals surface area contributed by atoms with Crippen molar-refractivity contribution in [3.05, 3.63) is 90.0 Å². The highest BCUT2D eigenvalue weighted by Gasteiger charge is 2.10. The fourth-order valence-corrected chi connectivity index (χ4v) is 3.92. The van der Waals surface area contributed by atoms with Crippen LogP contribution in [-0.4, -0.2) is 25.6 Å². The molecule has 1 amide bonds. The van der Waals surface area contributed by atoms with E-state index in [2.05, 4.69) is 10.3 Å². The molecule has 0 unspecified atom stereocenters. The largest absolute Gasteiger partial charge is 0.307 e. The van der Waals surface area contributed by atoms with Crippen molar-refractivity contribution in [2.75, 3.05) is 11.6 Å². The van der Waals surface area contributed by atoms with Crippen molar-refractivity contribution in [1.82, 2.24) is 4.98 Å². The lowest BCUT2D eigenvalue weighted by atomic mass is 10.0. The first-order valence-electron chi connectivity index (χ1n) is 9.39. The van der Waals surface area contributed by atoms with E-state index < -0.39 is 9.84 Å². The van der Waals surface area contributed by atoms with Crippen LogP contribution < -0.4 is 5.32 Å². The Labute approximate surface area is 175 Å². The van der Waals surface area contributed by atoms with Gasteiger partial charge in [-0.1, -0.05) is 35.9 Å². The van der Waals surface area contributed by atoms with E-state index in [1.54, 1.807) is 30.3 Å². The van der Waals surface area contributed by atoms with Gasteiger partial charge in [0.15, 0.2) is 9.84 Å². The zero-order valence-electron chi connectivity index (χ0n) is 16.6. The molecule has 0 spiro atoms. The van der Waals surface area contributed by atoms with E-state index in [0.29, 0.717) is 11.4 Å². The number of amides is 1. The van der Waals surface area contributed by atoms with Gasteiger partial charge in [-0.05, 0) is 66.6 Å². The minimum atomic E-state index is -3.27. The lowest BCUT2D eigenvalue weighted by Gasteiger charge is -2.08. The number of carbonyl (C=O) groups excluding carboxylic acids is 1. The van der Waals surface area contributed by atoms with Crippen molar-refractivity contribution in [2.24, 2.45) is 0 Å². The highest BCUT2D eigenvalue weighted by Crippen LogP contribution is 2.26. The number of rotatable bonds is 4. The van der Waals surface area contributed by atoms with Gasteiger partial charge in [-0.25, -0.2) is 13.4 Å². The summed E-state index contributed by atoms with van der Waals surface area (Å²) in [4.78, 5) is 17.3. The number of aromatic nitrogens is 1. The summed E-state index contributed by atoms with van der Waals surface area (Å²) in [6, 6.07) is 23.6. The minimum absolute atomic E-state index is 0.209. The van der Waals surface area contributed by atoms with Gasteiger partial charge >= 0.3 is 0 Å². The molecule has 5 nitrogen and oxygen atoms in total. The molecule has 0 atom stereocenters. The van der Waals surface area contributed by atoms with Crippen LogP contribution in [-0.2, 0) is 9.84 Å².